The van der Waals surface area contributed by atoms with Crippen LogP contribution in [0.4, 0.5) is 14.5 Å². The predicted octanol–water partition coefficient (Wildman–Crippen LogP) is 4.23. The van der Waals surface area contributed by atoms with Crippen molar-refractivity contribution in [3.63, 3.8) is 0 Å². The Balaban J connectivity index is 0.00000312. The normalized spacial score (nSPS) is 11.0. The highest BCUT2D eigenvalue weighted by Gasteiger charge is 2.11. The van der Waals surface area contributed by atoms with Crippen molar-refractivity contribution in [2.24, 2.45) is 10.7 Å². The minimum Gasteiger partial charge on any atom is -0.490 e. The van der Waals surface area contributed by atoms with E-state index in [9.17, 15) is 8.78 Å². The molecule has 5 nitrogen and oxygen atoms in total. The summed E-state index contributed by atoms with van der Waals surface area (Å²) in [6, 6.07) is 14.1. The number of anilines is 1. The molecule has 0 spiro atoms. The van der Waals surface area contributed by atoms with Crippen molar-refractivity contribution in [2.75, 3.05) is 11.9 Å². The summed E-state index contributed by atoms with van der Waals surface area (Å²) in [6.45, 7) is -0.525. The quantitative estimate of drug-likeness (QED) is 0.367. The molecular formula is C17H20F2IN3O2. The maximum atomic E-state index is 12.4. The number of rotatable bonds is 7. The van der Waals surface area contributed by atoms with Gasteiger partial charge in [0, 0.05) is 5.69 Å². The van der Waals surface area contributed by atoms with Gasteiger partial charge in [0.25, 0.3) is 0 Å². The number of ether oxygens (including phenoxy) is 2. The average Bonchev–Trinajstić information content (AvgIpc) is 2.56. The summed E-state index contributed by atoms with van der Waals surface area (Å²) in [6.07, 6.45) is 0. The van der Waals surface area contributed by atoms with Crippen LogP contribution in [0.2, 0.25) is 0 Å². The molecule has 0 saturated carbocycles. The number of benzene rings is 2. The van der Waals surface area contributed by atoms with Crippen molar-refractivity contribution in [3.05, 3.63) is 54.1 Å². The van der Waals surface area contributed by atoms with E-state index in [1.54, 1.807) is 19.1 Å². The molecule has 3 N–H and O–H groups in total. The number of guanidine groups is 1. The number of para-hydroxylation sites is 1. The number of hydrogen-bond acceptors (Lipinski definition) is 3. The van der Waals surface area contributed by atoms with Crippen LogP contribution < -0.4 is 20.5 Å². The van der Waals surface area contributed by atoms with Crippen molar-refractivity contribution < 1.29 is 18.3 Å². The lowest BCUT2D eigenvalue weighted by molar-refractivity contribution is -0.0514. The SMILES string of the molecule is CCOc1cc(CN=C(N)Nc2ccccc2)ccc1OC(F)F.I. The molecule has 0 radical (unpaired) electrons. The lowest BCUT2D eigenvalue weighted by Gasteiger charge is -2.12. The third kappa shape index (κ3) is 7.12. The molecule has 0 amide bonds. The number of nitrogens with two attached hydrogens (primary N) is 1. The van der Waals surface area contributed by atoms with Gasteiger partial charge in [0.15, 0.2) is 17.5 Å². The summed E-state index contributed by atoms with van der Waals surface area (Å²) in [5.74, 6) is 0.502. The van der Waals surface area contributed by atoms with Crippen LogP contribution in [-0.4, -0.2) is 19.2 Å². The summed E-state index contributed by atoms with van der Waals surface area (Å²) in [7, 11) is 0. The van der Waals surface area contributed by atoms with Crippen LogP contribution in [0.5, 0.6) is 11.5 Å². The van der Waals surface area contributed by atoms with Gasteiger partial charge in [0.1, 0.15) is 0 Å². The molecule has 2 aromatic rings. The molecule has 0 aromatic heterocycles. The van der Waals surface area contributed by atoms with E-state index in [2.05, 4.69) is 15.0 Å². The maximum absolute atomic E-state index is 12.4. The average molecular weight is 463 g/mol. The van der Waals surface area contributed by atoms with Gasteiger partial charge in [-0.3, -0.25) is 0 Å². The Bertz CT molecular complexity index is 685. The van der Waals surface area contributed by atoms with E-state index in [-0.39, 0.29) is 48.0 Å². The zero-order valence-electron chi connectivity index (χ0n) is 13.6. The molecule has 0 unspecified atom stereocenters. The highest BCUT2D eigenvalue weighted by molar-refractivity contribution is 14.0. The summed E-state index contributed by atoms with van der Waals surface area (Å²) in [5, 5.41) is 2.96. The van der Waals surface area contributed by atoms with Crippen molar-refractivity contribution in [3.8, 4) is 11.5 Å². The van der Waals surface area contributed by atoms with E-state index in [0.29, 0.717) is 6.61 Å². The number of aliphatic imine (C=N–C) groups is 1. The standard InChI is InChI=1S/C17H19F2N3O2.HI/c1-2-23-15-10-12(8-9-14(15)24-16(18)19)11-21-17(20)22-13-6-4-3-5-7-13;/h3-10,16H,2,11H2,1H3,(H3,20,21,22);1H. The lowest BCUT2D eigenvalue weighted by atomic mass is 10.2. The molecule has 0 fully saturated rings. The molecule has 0 aliphatic carbocycles. The molecule has 8 heteroatoms. The van der Waals surface area contributed by atoms with E-state index in [0.717, 1.165) is 11.3 Å². The molecule has 136 valence electrons. The van der Waals surface area contributed by atoms with Gasteiger partial charge in [-0.15, -0.1) is 24.0 Å². The number of halogens is 3. The first-order valence-electron chi connectivity index (χ1n) is 7.41. The zero-order chi connectivity index (χ0) is 17.4. The molecule has 25 heavy (non-hydrogen) atoms. The molecule has 0 saturated heterocycles. The third-order valence-electron chi connectivity index (χ3n) is 3.00. The monoisotopic (exact) mass is 463 g/mol. The number of alkyl halides is 2. The molecule has 2 rings (SSSR count). The fraction of sp³-hybridized carbons (Fsp3) is 0.235. The Morgan fingerprint density at radius 2 is 1.88 bits per heavy atom. The Morgan fingerprint density at radius 1 is 1.16 bits per heavy atom. The number of hydrogen-bond donors (Lipinski definition) is 2. The minimum atomic E-state index is -2.90. The van der Waals surface area contributed by atoms with Gasteiger partial charge in [-0.1, -0.05) is 24.3 Å². The van der Waals surface area contributed by atoms with Gasteiger partial charge in [-0.25, -0.2) is 4.99 Å². The van der Waals surface area contributed by atoms with Gasteiger partial charge in [0.2, 0.25) is 0 Å². The Morgan fingerprint density at radius 3 is 2.52 bits per heavy atom. The second kappa shape index (κ2) is 10.7. The van der Waals surface area contributed by atoms with Crippen LogP contribution in [-0.2, 0) is 6.54 Å². The fourth-order valence-corrected chi connectivity index (χ4v) is 2.00. The summed E-state index contributed by atoms with van der Waals surface area (Å²) in [5.41, 5.74) is 7.42. The number of nitrogens with zero attached hydrogens (tertiary/aromatic N) is 1. The highest BCUT2D eigenvalue weighted by atomic mass is 127. The highest BCUT2D eigenvalue weighted by Crippen LogP contribution is 2.30. The first-order chi connectivity index (χ1) is 11.6. The summed E-state index contributed by atoms with van der Waals surface area (Å²) < 4.78 is 34.5. The first kappa shape index (κ1) is 20.9. The molecule has 0 atom stereocenters. The minimum absolute atomic E-state index is 0. The second-order valence-electron chi connectivity index (χ2n) is 4.79. The first-order valence-corrected chi connectivity index (χ1v) is 7.41. The van der Waals surface area contributed by atoms with E-state index in [1.165, 1.54) is 6.07 Å². The van der Waals surface area contributed by atoms with Gasteiger partial charge >= 0.3 is 6.61 Å². The van der Waals surface area contributed by atoms with Gasteiger partial charge in [-0.05, 0) is 36.8 Å². The van der Waals surface area contributed by atoms with Crippen LogP contribution in [0, 0.1) is 0 Å². The predicted molar refractivity (Wildman–Crippen MR) is 105 cm³/mol. The Labute approximate surface area is 162 Å². The summed E-state index contributed by atoms with van der Waals surface area (Å²) in [4.78, 5) is 4.22. The molecular weight excluding hydrogens is 443 g/mol. The number of nitrogens with one attached hydrogen (secondary N) is 1. The molecule has 0 bridgehead atoms. The molecule has 0 aliphatic rings. The van der Waals surface area contributed by atoms with Gasteiger partial charge in [0.05, 0.1) is 13.2 Å². The Kier molecular flexibility index (Phi) is 8.96. The van der Waals surface area contributed by atoms with Gasteiger partial charge in [-0.2, -0.15) is 8.78 Å². The Hall–Kier alpha value is -2.10. The van der Waals surface area contributed by atoms with Crippen LogP contribution in [0.3, 0.4) is 0 Å². The second-order valence-corrected chi connectivity index (χ2v) is 4.79. The van der Waals surface area contributed by atoms with Crippen LogP contribution in [0.1, 0.15) is 12.5 Å². The smallest absolute Gasteiger partial charge is 0.387 e. The van der Waals surface area contributed by atoms with E-state index < -0.39 is 6.61 Å². The maximum Gasteiger partial charge on any atom is 0.387 e. The molecule has 0 heterocycles. The van der Waals surface area contributed by atoms with E-state index in [4.69, 9.17) is 10.5 Å². The fourth-order valence-electron chi connectivity index (χ4n) is 2.00. The summed E-state index contributed by atoms with van der Waals surface area (Å²) >= 11 is 0. The van der Waals surface area contributed by atoms with Crippen LogP contribution in [0.15, 0.2) is 53.5 Å². The van der Waals surface area contributed by atoms with Crippen molar-refractivity contribution >= 4 is 35.6 Å². The van der Waals surface area contributed by atoms with Crippen molar-refractivity contribution in [1.29, 1.82) is 0 Å². The van der Waals surface area contributed by atoms with Crippen molar-refractivity contribution in [1.82, 2.24) is 0 Å². The topological polar surface area (TPSA) is 68.9 Å². The van der Waals surface area contributed by atoms with Gasteiger partial charge < -0.3 is 20.5 Å². The van der Waals surface area contributed by atoms with Crippen LogP contribution in [0.25, 0.3) is 0 Å². The van der Waals surface area contributed by atoms with Crippen molar-refractivity contribution in [2.45, 2.75) is 20.1 Å². The lowest BCUT2D eigenvalue weighted by Crippen LogP contribution is -2.22. The third-order valence-corrected chi connectivity index (χ3v) is 3.00. The van der Waals surface area contributed by atoms with E-state index in [1.807, 2.05) is 30.3 Å². The largest absolute Gasteiger partial charge is 0.490 e. The van der Waals surface area contributed by atoms with Crippen LogP contribution >= 0.6 is 24.0 Å². The van der Waals surface area contributed by atoms with E-state index >= 15 is 0 Å². The molecule has 2 aromatic carbocycles. The zero-order valence-corrected chi connectivity index (χ0v) is 15.9. The molecule has 0 aliphatic heterocycles.